The smallest absolute Gasteiger partial charge is 0.0800 e. The number of pyridine rings is 2. The topological polar surface area (TPSA) is 25.8 Å². The fraction of sp³-hybridized carbons (Fsp3) is 0. The third-order valence-electron chi connectivity index (χ3n) is 9.43. The number of hydrogen-bond acceptors (Lipinski definition) is 2. The number of fused-ring (bicyclic) bond motifs is 3. The molecular weight excluding hydrogens is 605 g/mol. The van der Waals surface area contributed by atoms with Crippen LogP contribution < -0.4 is 0 Å². The number of benzene rings is 7. The van der Waals surface area contributed by atoms with Crippen molar-refractivity contribution in [3.05, 3.63) is 194 Å². The Morgan fingerprint density at radius 3 is 1.36 bits per heavy atom. The molecule has 0 bridgehead atoms. The zero-order chi connectivity index (χ0) is 33.3. The van der Waals surface area contributed by atoms with Crippen LogP contribution in [0.15, 0.2) is 194 Å². The van der Waals surface area contributed by atoms with Gasteiger partial charge in [-0.15, -0.1) is 0 Å². The molecule has 7 aromatic carbocycles. The largest absolute Gasteiger partial charge is 0.248 e. The van der Waals surface area contributed by atoms with E-state index in [1.165, 1.54) is 21.9 Å². The highest BCUT2D eigenvalue weighted by Crippen LogP contribution is 2.42. The van der Waals surface area contributed by atoms with Gasteiger partial charge in [-0.3, -0.25) is 0 Å². The molecule has 50 heavy (non-hydrogen) atoms. The Morgan fingerprint density at radius 2 is 0.760 bits per heavy atom. The number of rotatable bonds is 6. The van der Waals surface area contributed by atoms with E-state index in [2.05, 4.69) is 182 Å². The van der Waals surface area contributed by atoms with Crippen molar-refractivity contribution < 1.29 is 0 Å². The molecule has 0 fully saturated rings. The van der Waals surface area contributed by atoms with Crippen LogP contribution in [0.5, 0.6) is 0 Å². The van der Waals surface area contributed by atoms with E-state index in [4.69, 9.17) is 9.97 Å². The van der Waals surface area contributed by atoms with Crippen LogP contribution in [0.4, 0.5) is 0 Å². The molecule has 0 saturated carbocycles. The molecule has 0 amide bonds. The first-order chi connectivity index (χ1) is 24.8. The fourth-order valence-electron chi connectivity index (χ4n) is 6.99. The summed E-state index contributed by atoms with van der Waals surface area (Å²) in [6.45, 7) is 0. The minimum Gasteiger partial charge on any atom is -0.248 e. The molecule has 0 unspecified atom stereocenters. The summed E-state index contributed by atoms with van der Waals surface area (Å²) in [4.78, 5) is 10.6. The summed E-state index contributed by atoms with van der Waals surface area (Å²) in [5.74, 6) is 0. The molecule has 234 valence electrons. The van der Waals surface area contributed by atoms with Gasteiger partial charge in [0.05, 0.1) is 22.6 Å². The maximum atomic E-state index is 5.46. The lowest BCUT2D eigenvalue weighted by atomic mass is 9.89. The van der Waals surface area contributed by atoms with E-state index in [0.717, 1.165) is 66.9 Å². The van der Waals surface area contributed by atoms with E-state index in [-0.39, 0.29) is 0 Å². The van der Waals surface area contributed by atoms with Gasteiger partial charge in [0.25, 0.3) is 0 Å². The minimum absolute atomic E-state index is 0.949. The molecule has 2 aromatic heterocycles. The fourth-order valence-corrected chi connectivity index (χ4v) is 6.99. The van der Waals surface area contributed by atoms with Crippen molar-refractivity contribution in [3.8, 4) is 67.2 Å². The number of aromatic nitrogens is 2. The SMILES string of the molecule is c1ccc(-c2cc(-c3cccc(-c4cc5ccccc5c5c(-c6ccccc6)cc(-c6ccccc6)nc45)c3)cc(-c3ccccc3)n2)cc1. The lowest BCUT2D eigenvalue weighted by Gasteiger charge is -2.17. The second-order valence-electron chi connectivity index (χ2n) is 12.6. The molecule has 0 spiro atoms. The molecule has 0 atom stereocenters. The highest BCUT2D eigenvalue weighted by Gasteiger charge is 2.18. The molecule has 2 nitrogen and oxygen atoms in total. The molecule has 9 aromatic rings. The summed E-state index contributed by atoms with van der Waals surface area (Å²) in [5, 5.41) is 3.55. The molecule has 0 aliphatic carbocycles. The summed E-state index contributed by atoms with van der Waals surface area (Å²) in [5.41, 5.74) is 14.0. The first-order valence-corrected chi connectivity index (χ1v) is 17.0. The van der Waals surface area contributed by atoms with E-state index >= 15 is 0 Å². The summed E-state index contributed by atoms with van der Waals surface area (Å²) in [7, 11) is 0. The summed E-state index contributed by atoms with van der Waals surface area (Å²) in [6, 6.07) is 68.6. The van der Waals surface area contributed by atoms with E-state index in [9.17, 15) is 0 Å². The predicted octanol–water partition coefficient (Wildman–Crippen LogP) is 12.8. The highest BCUT2D eigenvalue weighted by atomic mass is 14.7. The summed E-state index contributed by atoms with van der Waals surface area (Å²) < 4.78 is 0. The highest BCUT2D eigenvalue weighted by molar-refractivity contribution is 6.18. The Balaban J connectivity index is 1.30. The second kappa shape index (κ2) is 12.8. The lowest BCUT2D eigenvalue weighted by molar-refractivity contribution is 1.32. The molecule has 0 aliphatic rings. The summed E-state index contributed by atoms with van der Waals surface area (Å²) in [6.07, 6.45) is 0. The van der Waals surface area contributed by atoms with Gasteiger partial charge in [0.2, 0.25) is 0 Å². The number of hydrogen-bond donors (Lipinski definition) is 0. The maximum absolute atomic E-state index is 5.46. The van der Waals surface area contributed by atoms with Gasteiger partial charge in [-0.1, -0.05) is 164 Å². The number of nitrogens with zero attached hydrogens (tertiary/aromatic N) is 2. The van der Waals surface area contributed by atoms with E-state index < -0.39 is 0 Å². The van der Waals surface area contributed by atoms with Crippen molar-refractivity contribution in [2.45, 2.75) is 0 Å². The summed E-state index contributed by atoms with van der Waals surface area (Å²) >= 11 is 0. The normalized spacial score (nSPS) is 11.2. The van der Waals surface area contributed by atoms with Gasteiger partial charge in [-0.25, -0.2) is 9.97 Å². The molecule has 0 N–H and O–H groups in total. The molecular formula is C48H32N2. The van der Waals surface area contributed by atoms with Crippen molar-refractivity contribution in [2.24, 2.45) is 0 Å². The van der Waals surface area contributed by atoms with Crippen molar-refractivity contribution in [3.63, 3.8) is 0 Å². The van der Waals surface area contributed by atoms with E-state index in [1.54, 1.807) is 0 Å². The zero-order valence-electron chi connectivity index (χ0n) is 27.4. The van der Waals surface area contributed by atoms with Gasteiger partial charge in [-0.2, -0.15) is 0 Å². The Kier molecular flexibility index (Phi) is 7.53. The van der Waals surface area contributed by atoms with Gasteiger partial charge in [0.1, 0.15) is 0 Å². The van der Waals surface area contributed by atoms with Gasteiger partial charge in [0.15, 0.2) is 0 Å². The molecule has 0 saturated heterocycles. The van der Waals surface area contributed by atoms with E-state index in [1.807, 2.05) is 12.1 Å². The van der Waals surface area contributed by atoms with Crippen LogP contribution in [0, 0.1) is 0 Å². The van der Waals surface area contributed by atoms with Crippen LogP contribution in [0.25, 0.3) is 88.8 Å². The third kappa shape index (κ3) is 5.53. The quantitative estimate of drug-likeness (QED) is 0.170. The Bertz CT molecular complexity index is 2560. The minimum atomic E-state index is 0.949. The van der Waals surface area contributed by atoms with Gasteiger partial charge < -0.3 is 0 Å². The van der Waals surface area contributed by atoms with Crippen LogP contribution in [0.1, 0.15) is 0 Å². The average Bonchev–Trinajstić information content (AvgIpc) is 3.21. The lowest BCUT2D eigenvalue weighted by Crippen LogP contribution is -1.95. The molecule has 2 heterocycles. The van der Waals surface area contributed by atoms with Crippen molar-refractivity contribution in [1.29, 1.82) is 0 Å². The molecule has 0 aliphatic heterocycles. The Morgan fingerprint density at radius 1 is 0.280 bits per heavy atom. The standard InChI is InChI=1S/C48H32N2/c1-5-16-33(17-6-1)42-32-46(36-22-11-4-12-23-36)50-48-43(29-39-24-13-14-27-41(39)47(42)48)38-26-15-25-37(28-38)40-30-44(34-18-7-2-8-19-34)49-45(31-40)35-20-9-3-10-21-35/h1-32H. The maximum Gasteiger partial charge on any atom is 0.0800 e. The molecule has 0 radical (unpaired) electrons. The van der Waals surface area contributed by atoms with Crippen LogP contribution in [0.3, 0.4) is 0 Å². The van der Waals surface area contributed by atoms with Crippen molar-refractivity contribution in [2.75, 3.05) is 0 Å². The zero-order valence-corrected chi connectivity index (χ0v) is 27.4. The third-order valence-corrected chi connectivity index (χ3v) is 9.43. The predicted molar refractivity (Wildman–Crippen MR) is 210 cm³/mol. The first-order valence-electron chi connectivity index (χ1n) is 17.0. The molecule has 9 rings (SSSR count). The van der Waals surface area contributed by atoms with Gasteiger partial charge in [0, 0.05) is 27.6 Å². The second-order valence-corrected chi connectivity index (χ2v) is 12.6. The van der Waals surface area contributed by atoms with Crippen molar-refractivity contribution >= 4 is 21.7 Å². The first kappa shape index (κ1) is 29.5. The monoisotopic (exact) mass is 636 g/mol. The van der Waals surface area contributed by atoms with Crippen molar-refractivity contribution in [1.82, 2.24) is 9.97 Å². The molecule has 2 heteroatoms. The Hall–Kier alpha value is -6.64. The van der Waals surface area contributed by atoms with Crippen LogP contribution in [-0.4, -0.2) is 9.97 Å². The van der Waals surface area contributed by atoms with E-state index in [0.29, 0.717) is 0 Å². The van der Waals surface area contributed by atoms with Crippen LogP contribution in [0.2, 0.25) is 0 Å². The van der Waals surface area contributed by atoms with Gasteiger partial charge >= 0.3 is 0 Å². The van der Waals surface area contributed by atoms with Crippen LogP contribution >= 0.6 is 0 Å². The van der Waals surface area contributed by atoms with Crippen LogP contribution in [-0.2, 0) is 0 Å². The van der Waals surface area contributed by atoms with Gasteiger partial charge in [-0.05, 0) is 68.9 Å². The Labute approximate surface area is 292 Å². The average molecular weight is 637 g/mol.